The smallest absolute Gasteiger partial charge is 0.320 e. The van der Waals surface area contributed by atoms with Gasteiger partial charge in [-0.25, -0.2) is 4.79 Å². The van der Waals surface area contributed by atoms with E-state index in [0.29, 0.717) is 63.3 Å². The third kappa shape index (κ3) is 6.38. The molecule has 0 unspecified atom stereocenters. The minimum atomic E-state index is -0.607. The predicted octanol–water partition coefficient (Wildman–Crippen LogP) is 3.27. The zero-order valence-corrected chi connectivity index (χ0v) is 24.3. The molecule has 6 N–H and O–H groups in total. The Labute approximate surface area is 245 Å². The second kappa shape index (κ2) is 13.0. The van der Waals surface area contributed by atoms with Gasteiger partial charge in [0.15, 0.2) is 5.82 Å². The summed E-state index contributed by atoms with van der Waals surface area (Å²) in [5, 5.41) is 24.0. The van der Waals surface area contributed by atoms with E-state index in [1.165, 1.54) is 0 Å². The summed E-state index contributed by atoms with van der Waals surface area (Å²) in [6.07, 6.45) is 1.44. The summed E-state index contributed by atoms with van der Waals surface area (Å²) in [4.78, 5) is 31.2. The molecule has 0 spiro atoms. The number of rotatable bonds is 9. The number of ether oxygens (including phenoxy) is 1. The summed E-state index contributed by atoms with van der Waals surface area (Å²) in [5.74, 6) is 0.501. The Hall–Kier alpha value is -4.45. The van der Waals surface area contributed by atoms with Crippen molar-refractivity contribution in [2.45, 2.75) is 33.2 Å². The highest BCUT2D eigenvalue weighted by Crippen LogP contribution is 2.29. The number of primary amides is 1. The number of aromatic nitrogens is 2. The van der Waals surface area contributed by atoms with Crippen LogP contribution >= 0.6 is 0 Å². The molecule has 12 nitrogen and oxygen atoms in total. The van der Waals surface area contributed by atoms with E-state index >= 15 is 0 Å². The van der Waals surface area contributed by atoms with E-state index in [4.69, 9.17) is 10.5 Å². The number of amides is 3. The number of aryl methyl sites for hydroxylation is 2. The van der Waals surface area contributed by atoms with Crippen LogP contribution in [0.15, 0.2) is 36.4 Å². The van der Waals surface area contributed by atoms with Crippen LogP contribution < -0.4 is 21.3 Å². The van der Waals surface area contributed by atoms with Gasteiger partial charge in [0.05, 0.1) is 13.2 Å². The fourth-order valence-electron chi connectivity index (χ4n) is 5.47. The third-order valence-corrected chi connectivity index (χ3v) is 7.90. The Kier molecular flexibility index (Phi) is 9.01. The first-order valence-electron chi connectivity index (χ1n) is 14.6. The molecular formula is C30H40N8O4. The van der Waals surface area contributed by atoms with Gasteiger partial charge in [0.25, 0.3) is 5.91 Å². The van der Waals surface area contributed by atoms with Crippen molar-refractivity contribution in [1.82, 2.24) is 20.0 Å². The lowest BCUT2D eigenvalue weighted by Gasteiger charge is -2.39. The lowest BCUT2D eigenvalue weighted by atomic mass is 10.0. The van der Waals surface area contributed by atoms with Crippen molar-refractivity contribution in [1.29, 1.82) is 0 Å². The van der Waals surface area contributed by atoms with Gasteiger partial charge in [0, 0.05) is 57.2 Å². The minimum absolute atomic E-state index is 0.0932. The second-order valence-corrected chi connectivity index (χ2v) is 10.5. The summed E-state index contributed by atoms with van der Waals surface area (Å²) in [5.41, 5.74) is 10.6. The van der Waals surface area contributed by atoms with Crippen LogP contribution in [0, 0.1) is 0 Å². The zero-order valence-electron chi connectivity index (χ0n) is 24.3. The molecular weight excluding hydrogens is 536 g/mol. The highest BCUT2D eigenvalue weighted by Gasteiger charge is 2.26. The summed E-state index contributed by atoms with van der Waals surface area (Å²) in [7, 11) is 0. The number of carbonyl (C=O) groups excluding carboxylic acids is 2. The zero-order chi connectivity index (χ0) is 29.6. The molecule has 2 saturated heterocycles. The number of nitrogens with zero attached hydrogens (tertiary/aromatic N) is 4. The van der Waals surface area contributed by atoms with Gasteiger partial charge in [0.2, 0.25) is 0 Å². The Morgan fingerprint density at radius 3 is 2.19 bits per heavy atom. The number of nitrogens with one attached hydrogen (secondary N) is 3. The van der Waals surface area contributed by atoms with Crippen molar-refractivity contribution in [2.75, 3.05) is 68.0 Å². The van der Waals surface area contributed by atoms with Gasteiger partial charge in [0.1, 0.15) is 17.1 Å². The second-order valence-electron chi connectivity index (χ2n) is 10.5. The average Bonchev–Trinajstić information content (AvgIpc) is 3.43. The van der Waals surface area contributed by atoms with Crippen molar-refractivity contribution < 1.29 is 19.4 Å². The Morgan fingerprint density at radius 1 is 0.976 bits per heavy atom. The predicted molar refractivity (Wildman–Crippen MR) is 163 cm³/mol. The highest BCUT2D eigenvalue weighted by molar-refractivity contribution is 6.03. The van der Waals surface area contributed by atoms with Gasteiger partial charge in [-0.1, -0.05) is 26.0 Å². The molecule has 3 aromatic rings. The van der Waals surface area contributed by atoms with Crippen molar-refractivity contribution in [2.24, 2.45) is 5.73 Å². The van der Waals surface area contributed by atoms with E-state index in [9.17, 15) is 14.7 Å². The maximum Gasteiger partial charge on any atom is 0.320 e. The van der Waals surface area contributed by atoms with E-state index in [-0.39, 0.29) is 11.6 Å². The SMILES string of the molecule is CCc1cc(CNc2n[nH]c(Nc3ccc(N4CCN(C(=O)N5CCOCC5)CC4)cc3)c2C(N)=O)cc(CC)c1O. The quantitative estimate of drug-likeness (QED) is 0.260. The van der Waals surface area contributed by atoms with Crippen LogP contribution in [0.2, 0.25) is 0 Å². The first kappa shape index (κ1) is 29.1. The molecule has 5 rings (SSSR count). The van der Waals surface area contributed by atoms with Crippen LogP contribution in [-0.4, -0.2) is 89.5 Å². The summed E-state index contributed by atoms with van der Waals surface area (Å²) in [6, 6.07) is 11.9. The van der Waals surface area contributed by atoms with Gasteiger partial charge >= 0.3 is 6.03 Å². The van der Waals surface area contributed by atoms with Crippen LogP contribution in [0.4, 0.5) is 27.8 Å². The van der Waals surface area contributed by atoms with Gasteiger partial charge in [-0.05, 0) is 53.8 Å². The molecule has 2 aliphatic heterocycles. The third-order valence-electron chi connectivity index (χ3n) is 7.90. The number of hydrogen-bond donors (Lipinski definition) is 5. The van der Waals surface area contributed by atoms with Crippen molar-refractivity contribution in [3.05, 3.63) is 58.7 Å². The molecule has 0 saturated carbocycles. The Bertz CT molecular complexity index is 1370. The number of urea groups is 1. The normalized spacial score (nSPS) is 15.5. The highest BCUT2D eigenvalue weighted by atomic mass is 16.5. The van der Waals surface area contributed by atoms with E-state index < -0.39 is 5.91 Å². The number of hydrogen-bond acceptors (Lipinski definition) is 8. The first-order chi connectivity index (χ1) is 20.4. The summed E-state index contributed by atoms with van der Waals surface area (Å²) in [6.45, 7) is 9.79. The number of H-pyrrole nitrogens is 1. The molecule has 0 radical (unpaired) electrons. The van der Waals surface area contributed by atoms with Crippen LogP contribution in [-0.2, 0) is 24.1 Å². The Morgan fingerprint density at radius 2 is 1.60 bits per heavy atom. The number of phenols is 1. The molecule has 2 aromatic carbocycles. The summed E-state index contributed by atoms with van der Waals surface area (Å²) >= 11 is 0. The monoisotopic (exact) mass is 576 g/mol. The molecule has 0 bridgehead atoms. The molecule has 12 heteroatoms. The van der Waals surface area contributed by atoms with Crippen molar-refractivity contribution in [3.63, 3.8) is 0 Å². The maximum atomic E-state index is 12.8. The number of aromatic hydroxyl groups is 1. The van der Waals surface area contributed by atoms with Crippen LogP contribution in [0.1, 0.15) is 40.9 Å². The summed E-state index contributed by atoms with van der Waals surface area (Å²) < 4.78 is 5.36. The maximum absolute atomic E-state index is 12.8. The molecule has 3 amide bonds. The molecule has 1 aromatic heterocycles. The number of nitrogens with two attached hydrogens (primary N) is 1. The van der Waals surface area contributed by atoms with Crippen LogP contribution in [0.25, 0.3) is 0 Å². The number of aromatic amines is 1. The van der Waals surface area contributed by atoms with Gasteiger partial charge in [-0.2, -0.15) is 5.10 Å². The van der Waals surface area contributed by atoms with E-state index in [1.807, 2.05) is 60.0 Å². The van der Waals surface area contributed by atoms with E-state index in [1.54, 1.807) is 0 Å². The van der Waals surface area contributed by atoms with E-state index in [0.717, 1.165) is 54.0 Å². The van der Waals surface area contributed by atoms with Crippen molar-refractivity contribution >= 4 is 34.9 Å². The van der Waals surface area contributed by atoms with Gasteiger partial charge in [-0.3, -0.25) is 9.89 Å². The number of phenolic OH excluding ortho intramolecular Hbond substituents is 1. The lowest BCUT2D eigenvalue weighted by molar-refractivity contribution is 0.0428. The largest absolute Gasteiger partial charge is 0.507 e. The fourth-order valence-corrected chi connectivity index (χ4v) is 5.47. The molecule has 0 aliphatic carbocycles. The standard InChI is InChI=1S/C30H40N8O4/c1-3-21-17-20(18-22(4-2)26(21)39)19-32-28-25(27(31)40)29(35-34-28)33-23-5-7-24(8-6-23)36-9-11-37(12-10-36)30(41)38-13-15-42-16-14-38/h5-8,17-18,39H,3-4,9-16,19H2,1-2H3,(H2,31,40)(H3,32,33,34,35). The van der Waals surface area contributed by atoms with Crippen LogP contribution in [0.5, 0.6) is 5.75 Å². The molecule has 3 heterocycles. The van der Waals surface area contributed by atoms with E-state index in [2.05, 4.69) is 25.7 Å². The number of piperazine rings is 1. The molecule has 2 aliphatic rings. The average molecular weight is 577 g/mol. The topological polar surface area (TPSA) is 152 Å². The molecule has 0 atom stereocenters. The van der Waals surface area contributed by atoms with Crippen LogP contribution in [0.3, 0.4) is 0 Å². The van der Waals surface area contributed by atoms with Crippen molar-refractivity contribution in [3.8, 4) is 5.75 Å². The lowest BCUT2D eigenvalue weighted by Crippen LogP contribution is -2.54. The van der Waals surface area contributed by atoms with Gasteiger partial charge in [-0.15, -0.1) is 0 Å². The fraction of sp³-hybridized carbons (Fsp3) is 0.433. The molecule has 2 fully saturated rings. The molecule has 224 valence electrons. The number of morpholine rings is 1. The molecule has 42 heavy (non-hydrogen) atoms. The Balaban J connectivity index is 1.20. The number of benzene rings is 2. The minimum Gasteiger partial charge on any atom is -0.507 e. The number of anilines is 4. The number of carbonyl (C=O) groups is 2. The van der Waals surface area contributed by atoms with Gasteiger partial charge < -0.3 is 40.9 Å². The first-order valence-corrected chi connectivity index (χ1v) is 14.6.